The summed E-state index contributed by atoms with van der Waals surface area (Å²) in [5.41, 5.74) is 1.40. The van der Waals surface area contributed by atoms with Crippen molar-refractivity contribution in [2.45, 2.75) is 87.6 Å². The average Bonchev–Trinajstić information content (AvgIpc) is 3.65. The molecule has 2 amide bonds. The highest BCUT2D eigenvalue weighted by Crippen LogP contribution is 2.34. The summed E-state index contributed by atoms with van der Waals surface area (Å²) in [6, 6.07) is 9.94. The summed E-state index contributed by atoms with van der Waals surface area (Å²) in [7, 11) is -3.33. The highest BCUT2D eigenvalue weighted by atomic mass is 32.2. The number of hydrogen-bond donors (Lipinski definition) is 2. The molecule has 2 atom stereocenters. The maximum atomic E-state index is 12.7. The van der Waals surface area contributed by atoms with E-state index in [0.717, 1.165) is 51.4 Å². The zero-order chi connectivity index (χ0) is 22.6. The van der Waals surface area contributed by atoms with Crippen LogP contribution < -0.4 is 10.0 Å². The van der Waals surface area contributed by atoms with E-state index in [9.17, 15) is 13.2 Å². The second-order valence-electron chi connectivity index (χ2n) is 9.42. The Hall–Kier alpha value is -1.64. The molecular weight excluding hydrogens is 426 g/mol. The van der Waals surface area contributed by atoms with Gasteiger partial charge in [0.05, 0.1) is 24.0 Å². The van der Waals surface area contributed by atoms with Gasteiger partial charge in [0.25, 0.3) is 0 Å². The van der Waals surface area contributed by atoms with Crippen LogP contribution in [0.15, 0.2) is 30.3 Å². The van der Waals surface area contributed by atoms with Crippen molar-refractivity contribution in [1.82, 2.24) is 14.9 Å². The third kappa shape index (κ3) is 5.83. The number of nitrogens with one attached hydrogen (secondary N) is 2. The fourth-order valence-electron chi connectivity index (χ4n) is 5.11. The first kappa shape index (κ1) is 23.5. The van der Waals surface area contributed by atoms with Crippen LogP contribution in [0.3, 0.4) is 0 Å². The minimum absolute atomic E-state index is 0.135. The highest BCUT2D eigenvalue weighted by Gasteiger charge is 2.42. The first-order valence-corrected chi connectivity index (χ1v) is 13.7. The van der Waals surface area contributed by atoms with Crippen molar-refractivity contribution in [2.75, 3.05) is 19.7 Å². The second-order valence-corrected chi connectivity index (χ2v) is 11.4. The van der Waals surface area contributed by atoms with Crippen molar-refractivity contribution in [1.29, 1.82) is 0 Å². The van der Waals surface area contributed by atoms with Gasteiger partial charge in [-0.2, -0.15) is 0 Å². The van der Waals surface area contributed by atoms with Crippen LogP contribution in [0.5, 0.6) is 0 Å². The molecule has 2 N–H and O–H groups in total. The van der Waals surface area contributed by atoms with Gasteiger partial charge in [0.1, 0.15) is 0 Å². The van der Waals surface area contributed by atoms with Crippen LogP contribution in [-0.4, -0.2) is 62.5 Å². The van der Waals surface area contributed by atoms with Gasteiger partial charge in [-0.1, -0.05) is 30.3 Å². The van der Waals surface area contributed by atoms with Crippen molar-refractivity contribution in [3.05, 3.63) is 35.9 Å². The molecule has 0 spiro atoms. The summed E-state index contributed by atoms with van der Waals surface area (Å²) in [5, 5.41) is 2.61. The zero-order valence-corrected chi connectivity index (χ0v) is 19.9. The minimum atomic E-state index is -3.33. The number of amides is 2. The van der Waals surface area contributed by atoms with Crippen LogP contribution in [0.1, 0.15) is 69.8 Å². The monoisotopic (exact) mass is 463 g/mol. The fourth-order valence-corrected chi connectivity index (χ4v) is 6.76. The maximum Gasteiger partial charge on any atom is 0.317 e. The van der Waals surface area contributed by atoms with E-state index in [1.54, 1.807) is 4.90 Å². The summed E-state index contributed by atoms with van der Waals surface area (Å²) >= 11 is 0. The molecule has 0 aromatic heterocycles. The third-order valence-electron chi connectivity index (χ3n) is 7.09. The average molecular weight is 464 g/mol. The number of carbonyl (C=O) groups excluding carboxylic acids is 1. The van der Waals surface area contributed by atoms with Gasteiger partial charge in [0.2, 0.25) is 10.0 Å². The molecule has 1 saturated heterocycles. The van der Waals surface area contributed by atoms with Crippen molar-refractivity contribution in [2.24, 2.45) is 0 Å². The number of nitrogens with zero attached hydrogens (tertiary/aromatic N) is 1. The Morgan fingerprint density at radius 1 is 1.06 bits per heavy atom. The van der Waals surface area contributed by atoms with E-state index in [2.05, 4.69) is 40.4 Å². The Labute approximate surface area is 192 Å². The van der Waals surface area contributed by atoms with Gasteiger partial charge in [-0.25, -0.2) is 17.9 Å². The molecule has 1 aromatic rings. The predicted octanol–water partition coefficient (Wildman–Crippen LogP) is 3.37. The molecular formula is C24H37N3O4S. The van der Waals surface area contributed by atoms with E-state index in [0.29, 0.717) is 25.6 Å². The predicted molar refractivity (Wildman–Crippen MR) is 125 cm³/mol. The SMILES string of the molecule is CCNC(=O)N1CCC[C@H](NS(=O)(=O)C2CC2)[C@@H]1CO[C@H]1CC[C@@H](c2ccccc2)CC1. The number of likely N-dealkylation sites (tertiary alicyclic amines) is 1. The molecule has 32 heavy (non-hydrogen) atoms. The number of piperidine rings is 1. The summed E-state index contributed by atoms with van der Waals surface area (Å²) in [4.78, 5) is 14.5. The number of ether oxygens (including phenoxy) is 1. The first-order valence-electron chi connectivity index (χ1n) is 12.2. The van der Waals surface area contributed by atoms with Crippen LogP contribution in [0, 0.1) is 0 Å². The van der Waals surface area contributed by atoms with E-state index in [-0.39, 0.29) is 29.5 Å². The lowest BCUT2D eigenvalue weighted by Gasteiger charge is -2.42. The number of sulfonamides is 1. The summed E-state index contributed by atoms with van der Waals surface area (Å²) in [6.45, 7) is 3.44. The van der Waals surface area contributed by atoms with Gasteiger partial charge >= 0.3 is 6.03 Å². The molecule has 1 aromatic carbocycles. The normalized spacial score (nSPS) is 29.0. The van der Waals surface area contributed by atoms with Gasteiger partial charge in [0, 0.05) is 19.1 Å². The van der Waals surface area contributed by atoms with Gasteiger partial charge in [-0.15, -0.1) is 0 Å². The van der Waals surface area contributed by atoms with Gasteiger partial charge in [-0.05, 0) is 69.8 Å². The van der Waals surface area contributed by atoms with Crippen LogP contribution in [0.25, 0.3) is 0 Å². The van der Waals surface area contributed by atoms with E-state index < -0.39 is 10.0 Å². The summed E-state index contributed by atoms with van der Waals surface area (Å²) in [5.74, 6) is 0.579. The molecule has 8 heteroatoms. The third-order valence-corrected chi connectivity index (χ3v) is 9.07. The largest absolute Gasteiger partial charge is 0.376 e. The fraction of sp³-hybridized carbons (Fsp3) is 0.708. The van der Waals surface area contributed by atoms with Crippen molar-refractivity contribution < 1.29 is 17.9 Å². The first-order chi connectivity index (χ1) is 15.5. The number of benzene rings is 1. The standard InChI is InChI=1S/C24H37N3O4S/c1-2-25-24(28)27-16-6-9-22(26-32(29,30)21-14-15-21)23(27)17-31-20-12-10-19(11-13-20)18-7-4-3-5-8-18/h3-5,7-8,19-23,26H,2,6,9-17H2,1H3,(H,25,28)/t19-,20+,22-,23-/m0/s1. The molecule has 0 radical (unpaired) electrons. The number of rotatable bonds is 8. The Bertz CT molecular complexity index is 851. The van der Waals surface area contributed by atoms with E-state index >= 15 is 0 Å². The second kappa shape index (κ2) is 10.5. The maximum absolute atomic E-state index is 12.7. The molecule has 1 aliphatic heterocycles. The molecule has 3 aliphatic rings. The Morgan fingerprint density at radius 2 is 1.78 bits per heavy atom. The van der Waals surface area contributed by atoms with Crippen molar-refractivity contribution in [3.8, 4) is 0 Å². The minimum Gasteiger partial charge on any atom is -0.376 e. The van der Waals surface area contributed by atoms with Crippen LogP contribution >= 0.6 is 0 Å². The number of urea groups is 1. The Balaban J connectivity index is 1.37. The van der Waals surface area contributed by atoms with Gasteiger partial charge in [0.15, 0.2) is 0 Å². The van der Waals surface area contributed by atoms with Crippen LogP contribution in [0.4, 0.5) is 4.79 Å². The van der Waals surface area contributed by atoms with Crippen molar-refractivity contribution >= 4 is 16.1 Å². The van der Waals surface area contributed by atoms with Crippen molar-refractivity contribution in [3.63, 3.8) is 0 Å². The van der Waals surface area contributed by atoms with Crippen LogP contribution in [-0.2, 0) is 14.8 Å². The molecule has 0 bridgehead atoms. The smallest absolute Gasteiger partial charge is 0.317 e. The van der Waals surface area contributed by atoms with E-state index in [4.69, 9.17) is 4.74 Å². The lowest BCUT2D eigenvalue weighted by molar-refractivity contribution is -0.0173. The zero-order valence-electron chi connectivity index (χ0n) is 19.0. The number of carbonyl (C=O) groups is 1. The van der Waals surface area contributed by atoms with E-state index in [1.165, 1.54) is 5.56 Å². The molecule has 7 nitrogen and oxygen atoms in total. The lowest BCUT2D eigenvalue weighted by atomic mass is 9.83. The lowest BCUT2D eigenvalue weighted by Crippen LogP contribution is -2.61. The Morgan fingerprint density at radius 3 is 2.44 bits per heavy atom. The summed E-state index contributed by atoms with van der Waals surface area (Å²) < 4.78 is 34.5. The van der Waals surface area contributed by atoms with Gasteiger partial charge < -0.3 is 15.0 Å². The highest BCUT2D eigenvalue weighted by molar-refractivity contribution is 7.90. The van der Waals surface area contributed by atoms with Gasteiger partial charge in [-0.3, -0.25) is 0 Å². The topological polar surface area (TPSA) is 87.7 Å². The van der Waals surface area contributed by atoms with E-state index in [1.807, 2.05) is 6.92 Å². The number of hydrogen-bond acceptors (Lipinski definition) is 4. The quantitative estimate of drug-likeness (QED) is 0.619. The molecule has 4 rings (SSSR count). The molecule has 1 heterocycles. The molecule has 178 valence electrons. The Kier molecular flexibility index (Phi) is 7.74. The molecule has 3 fully saturated rings. The molecule has 2 saturated carbocycles. The van der Waals surface area contributed by atoms with Crippen LogP contribution in [0.2, 0.25) is 0 Å². The molecule has 0 unspecified atom stereocenters. The molecule has 2 aliphatic carbocycles. The summed E-state index contributed by atoms with van der Waals surface area (Å²) in [6.07, 6.45) is 7.31.